The van der Waals surface area contributed by atoms with Gasteiger partial charge in [-0.3, -0.25) is 9.69 Å². The molecule has 12 heteroatoms. The second-order valence-corrected chi connectivity index (χ2v) is 8.86. The third kappa shape index (κ3) is 5.47. The van der Waals surface area contributed by atoms with Crippen molar-refractivity contribution in [3.05, 3.63) is 47.5 Å². The van der Waals surface area contributed by atoms with Crippen molar-refractivity contribution >= 4 is 66.6 Å². The maximum absolute atomic E-state index is 13.3. The molecule has 0 aliphatic heterocycles. The second kappa shape index (κ2) is 9.57. The highest BCUT2D eigenvalue weighted by molar-refractivity contribution is 7.22. The average molecular weight is 503 g/mol. The van der Waals surface area contributed by atoms with E-state index in [2.05, 4.69) is 14.7 Å². The van der Waals surface area contributed by atoms with Crippen LogP contribution in [0.4, 0.5) is 18.3 Å². The van der Waals surface area contributed by atoms with Crippen LogP contribution in [0.15, 0.2) is 41.9 Å². The largest absolute Gasteiger partial charge is 0.573 e. The monoisotopic (exact) mass is 502 g/mol. The van der Waals surface area contributed by atoms with Gasteiger partial charge >= 0.3 is 6.36 Å². The van der Waals surface area contributed by atoms with Crippen LogP contribution >= 0.6 is 35.1 Å². The van der Waals surface area contributed by atoms with E-state index in [-0.39, 0.29) is 24.1 Å². The Morgan fingerprint density at radius 3 is 2.53 bits per heavy atom. The van der Waals surface area contributed by atoms with Crippen molar-refractivity contribution in [1.82, 2.24) is 14.9 Å². The summed E-state index contributed by atoms with van der Waals surface area (Å²) in [6.07, 6.45) is -4.77. The molecule has 4 aromatic rings. The molecule has 0 saturated heterocycles. The molecule has 32 heavy (non-hydrogen) atoms. The number of anilines is 1. The number of rotatable bonds is 6. The quantitative estimate of drug-likeness (QED) is 0.351. The zero-order chi connectivity index (χ0) is 22.2. The zero-order valence-electron chi connectivity index (χ0n) is 16.9. The number of aromatic nitrogens is 2. The first-order chi connectivity index (χ1) is 14.7. The van der Waals surface area contributed by atoms with Crippen LogP contribution in [0.3, 0.4) is 0 Å². The molecule has 2 aromatic heterocycles. The lowest BCUT2D eigenvalue weighted by atomic mass is 10.2. The number of thiazole rings is 2. The molecule has 4 rings (SSSR count). The van der Waals surface area contributed by atoms with Gasteiger partial charge in [0.1, 0.15) is 5.75 Å². The number of hydrogen-bond donors (Lipinski definition) is 0. The Hall–Kier alpha value is -2.47. The normalized spacial score (nSPS) is 11.7. The van der Waals surface area contributed by atoms with Crippen LogP contribution in [0.1, 0.15) is 10.4 Å². The van der Waals surface area contributed by atoms with Crippen molar-refractivity contribution in [3.8, 4) is 5.75 Å². The molecule has 0 bridgehead atoms. The van der Waals surface area contributed by atoms with E-state index in [9.17, 15) is 18.0 Å². The minimum Gasteiger partial charge on any atom is -0.406 e. The molecule has 0 aliphatic carbocycles. The number of nitrogens with zero attached hydrogens (tertiary/aromatic N) is 4. The van der Waals surface area contributed by atoms with Crippen LogP contribution in [-0.4, -0.2) is 54.3 Å². The molecule has 0 fully saturated rings. The van der Waals surface area contributed by atoms with Gasteiger partial charge in [-0.15, -0.1) is 36.9 Å². The number of carbonyl (C=O) groups is 1. The van der Waals surface area contributed by atoms with Crippen molar-refractivity contribution in [2.24, 2.45) is 0 Å². The lowest BCUT2D eigenvalue weighted by molar-refractivity contribution is -0.274. The second-order valence-electron chi connectivity index (χ2n) is 6.97. The maximum atomic E-state index is 13.3. The van der Waals surface area contributed by atoms with Crippen LogP contribution in [0.5, 0.6) is 5.75 Å². The SMILES string of the molecule is CN(C)CCN(C(=O)c1ccc2ncsc2c1)c1nc2ccc(OC(F)(F)F)cc2s1.Cl. The van der Waals surface area contributed by atoms with E-state index < -0.39 is 6.36 Å². The smallest absolute Gasteiger partial charge is 0.406 e. The summed E-state index contributed by atoms with van der Waals surface area (Å²) in [4.78, 5) is 25.5. The fourth-order valence-electron chi connectivity index (χ4n) is 2.93. The van der Waals surface area contributed by atoms with Gasteiger partial charge in [0.25, 0.3) is 5.91 Å². The molecule has 0 saturated carbocycles. The van der Waals surface area contributed by atoms with Crippen LogP contribution in [-0.2, 0) is 0 Å². The summed E-state index contributed by atoms with van der Waals surface area (Å²) in [6.45, 7) is 0.963. The lowest BCUT2D eigenvalue weighted by Crippen LogP contribution is -2.36. The molecule has 0 atom stereocenters. The summed E-state index contributed by atoms with van der Waals surface area (Å²) in [7, 11) is 3.79. The molecule has 170 valence electrons. The fraction of sp³-hybridized carbons (Fsp3) is 0.250. The lowest BCUT2D eigenvalue weighted by Gasteiger charge is -2.22. The Balaban J connectivity index is 0.00000289. The van der Waals surface area contributed by atoms with E-state index in [0.29, 0.717) is 34.0 Å². The van der Waals surface area contributed by atoms with Crippen molar-refractivity contribution in [1.29, 1.82) is 0 Å². The molecule has 0 unspecified atom stereocenters. The van der Waals surface area contributed by atoms with Gasteiger partial charge in [0.15, 0.2) is 5.13 Å². The highest BCUT2D eigenvalue weighted by Crippen LogP contribution is 2.34. The number of carbonyl (C=O) groups excluding carboxylic acids is 1. The highest BCUT2D eigenvalue weighted by atomic mass is 35.5. The minimum absolute atomic E-state index is 0. The maximum Gasteiger partial charge on any atom is 0.573 e. The summed E-state index contributed by atoms with van der Waals surface area (Å²) in [5.74, 6) is -0.556. The van der Waals surface area contributed by atoms with Crippen LogP contribution in [0, 0.1) is 0 Å². The molecule has 2 aromatic carbocycles. The van der Waals surface area contributed by atoms with E-state index in [1.807, 2.05) is 19.0 Å². The predicted molar refractivity (Wildman–Crippen MR) is 123 cm³/mol. The first-order valence-electron chi connectivity index (χ1n) is 9.16. The Morgan fingerprint density at radius 1 is 1.06 bits per heavy atom. The molecule has 2 heterocycles. The van der Waals surface area contributed by atoms with Gasteiger partial charge in [-0.1, -0.05) is 11.3 Å². The van der Waals surface area contributed by atoms with Crippen LogP contribution < -0.4 is 9.64 Å². The molecule has 0 radical (unpaired) electrons. The Bertz CT molecular complexity index is 1240. The first kappa shape index (κ1) is 24.2. The summed E-state index contributed by atoms with van der Waals surface area (Å²) in [5, 5.41) is 0.412. The summed E-state index contributed by atoms with van der Waals surface area (Å²) >= 11 is 2.59. The highest BCUT2D eigenvalue weighted by Gasteiger charge is 2.31. The zero-order valence-corrected chi connectivity index (χ0v) is 19.4. The predicted octanol–water partition coefficient (Wildman–Crippen LogP) is 5.43. The van der Waals surface area contributed by atoms with Crippen LogP contribution in [0.25, 0.3) is 20.4 Å². The van der Waals surface area contributed by atoms with Crippen molar-refractivity contribution in [2.45, 2.75) is 6.36 Å². The summed E-state index contributed by atoms with van der Waals surface area (Å²) < 4.78 is 43.0. The third-order valence-corrected chi connectivity index (χ3v) is 6.24. The molecule has 6 nitrogen and oxygen atoms in total. The molecule has 0 spiro atoms. The van der Waals surface area contributed by atoms with Gasteiger partial charge in [-0.05, 0) is 44.4 Å². The number of halogens is 4. The number of ether oxygens (including phenoxy) is 1. The van der Waals surface area contributed by atoms with Gasteiger partial charge < -0.3 is 9.64 Å². The Labute approximate surface area is 195 Å². The van der Waals surface area contributed by atoms with E-state index in [1.165, 1.54) is 29.5 Å². The van der Waals surface area contributed by atoms with Crippen molar-refractivity contribution < 1.29 is 22.7 Å². The van der Waals surface area contributed by atoms with E-state index >= 15 is 0 Å². The molecular formula is C20H18ClF3N4O2S2. The van der Waals surface area contributed by atoms with Crippen molar-refractivity contribution in [2.75, 3.05) is 32.1 Å². The number of hydrogen-bond acceptors (Lipinski definition) is 7. The van der Waals surface area contributed by atoms with Gasteiger partial charge in [0.2, 0.25) is 0 Å². The Morgan fingerprint density at radius 2 is 1.81 bits per heavy atom. The van der Waals surface area contributed by atoms with E-state index in [1.54, 1.807) is 28.6 Å². The Kier molecular flexibility index (Phi) is 7.23. The van der Waals surface area contributed by atoms with E-state index in [4.69, 9.17) is 0 Å². The summed E-state index contributed by atoms with van der Waals surface area (Å²) in [5.41, 5.74) is 3.53. The third-order valence-electron chi connectivity index (χ3n) is 4.41. The molecule has 1 amide bonds. The van der Waals surface area contributed by atoms with Crippen LogP contribution in [0.2, 0.25) is 0 Å². The number of benzene rings is 2. The number of fused-ring (bicyclic) bond motifs is 2. The van der Waals surface area contributed by atoms with Gasteiger partial charge in [-0.25, -0.2) is 9.97 Å². The van der Waals surface area contributed by atoms with Crippen molar-refractivity contribution in [3.63, 3.8) is 0 Å². The number of amides is 1. The van der Waals surface area contributed by atoms with Gasteiger partial charge in [0, 0.05) is 24.7 Å². The molecule has 0 N–H and O–H groups in total. The number of likely N-dealkylation sites (N-methyl/N-ethyl adjacent to an activating group) is 1. The summed E-state index contributed by atoms with van der Waals surface area (Å²) in [6, 6.07) is 9.25. The topological polar surface area (TPSA) is 58.6 Å². The first-order valence-corrected chi connectivity index (χ1v) is 10.9. The average Bonchev–Trinajstić information content (AvgIpc) is 3.32. The number of alkyl halides is 3. The van der Waals surface area contributed by atoms with Gasteiger partial charge in [0.05, 0.1) is 25.9 Å². The van der Waals surface area contributed by atoms with Gasteiger partial charge in [-0.2, -0.15) is 0 Å². The minimum atomic E-state index is -4.77. The van der Waals surface area contributed by atoms with E-state index in [0.717, 1.165) is 21.6 Å². The standard InChI is InChI=1S/C20H17F3N4O2S2.ClH/c1-26(2)7-8-27(18(28)12-3-5-14-16(9-12)30-11-24-14)19-25-15-6-4-13(10-17(15)31-19)29-20(21,22)23;/h3-6,9-11H,7-8H2,1-2H3;1H. The molecular weight excluding hydrogens is 485 g/mol. The molecule has 0 aliphatic rings. The fourth-order valence-corrected chi connectivity index (χ4v) is 4.67.